The minimum atomic E-state index is -0.0636. The van der Waals surface area contributed by atoms with E-state index in [1.54, 1.807) is 0 Å². The van der Waals surface area contributed by atoms with E-state index in [1.807, 2.05) is 44.0 Å². The smallest absolute Gasteiger partial charge is 0.279 e. The number of hydrogen-bond acceptors (Lipinski definition) is 2. The normalized spacial score (nSPS) is 14.4. The van der Waals surface area contributed by atoms with Crippen LogP contribution in [0.25, 0.3) is 0 Å². The van der Waals surface area contributed by atoms with Crippen molar-refractivity contribution in [1.29, 1.82) is 0 Å². The van der Waals surface area contributed by atoms with Crippen LogP contribution in [0.5, 0.6) is 0 Å². The first-order chi connectivity index (χ1) is 12.2. The molecule has 0 radical (unpaired) electrons. The first-order valence-electron chi connectivity index (χ1n) is 9.69. The highest BCUT2D eigenvalue weighted by Gasteiger charge is 2.26. The van der Waals surface area contributed by atoms with Gasteiger partial charge in [0, 0.05) is 17.8 Å². The number of nitrogens with one attached hydrogen (secondary N) is 2. The number of amides is 2. The summed E-state index contributed by atoms with van der Waals surface area (Å²) in [5.74, 6) is 0.0532. The van der Waals surface area contributed by atoms with Gasteiger partial charge in [-0.05, 0) is 51.7 Å². The Kier molecular flexibility index (Phi) is 8.79. The molecule has 1 aromatic rings. The summed E-state index contributed by atoms with van der Waals surface area (Å²) in [6, 6.07) is 6.38. The summed E-state index contributed by atoms with van der Waals surface area (Å²) in [5, 5.41) is 3.00. The van der Waals surface area contributed by atoms with Gasteiger partial charge < -0.3 is 15.1 Å². The number of aryl methyl sites for hydroxylation is 2. The van der Waals surface area contributed by atoms with Crippen molar-refractivity contribution in [2.24, 2.45) is 0 Å². The average Bonchev–Trinajstić information content (AvgIpc) is 2.57. The van der Waals surface area contributed by atoms with E-state index in [-0.39, 0.29) is 30.4 Å². The zero-order valence-corrected chi connectivity index (χ0v) is 17.5. The Morgan fingerprint density at radius 1 is 1.04 bits per heavy atom. The molecule has 0 bridgehead atoms. The van der Waals surface area contributed by atoms with Gasteiger partial charge >= 0.3 is 0 Å². The van der Waals surface area contributed by atoms with E-state index in [1.165, 1.54) is 0 Å². The summed E-state index contributed by atoms with van der Waals surface area (Å²) >= 11 is 0. The van der Waals surface area contributed by atoms with Gasteiger partial charge in [-0.25, -0.2) is 0 Å². The minimum Gasteiger partial charge on any atom is -0.332 e. The largest absolute Gasteiger partial charge is 0.332 e. The molecule has 0 aliphatic heterocycles. The Bertz CT molecular complexity index is 585. The van der Waals surface area contributed by atoms with Gasteiger partial charge in [0.2, 0.25) is 0 Å². The molecule has 0 spiro atoms. The number of rotatable bonds is 9. The van der Waals surface area contributed by atoms with Crippen LogP contribution in [-0.4, -0.2) is 48.9 Å². The fourth-order valence-electron chi connectivity index (χ4n) is 3.20. The molecule has 0 heterocycles. The summed E-state index contributed by atoms with van der Waals surface area (Å²) in [5.41, 5.74) is 2.97. The average molecular weight is 363 g/mol. The van der Waals surface area contributed by atoms with Crippen LogP contribution in [0.2, 0.25) is 0 Å². The second-order valence-electron chi connectivity index (χ2n) is 7.44. The highest BCUT2D eigenvalue weighted by atomic mass is 16.2. The lowest BCUT2D eigenvalue weighted by molar-refractivity contribution is -0.862. The maximum atomic E-state index is 12.8. The third kappa shape index (κ3) is 6.13. The SMILES string of the molecule is CC[C@H](C)N(C(=O)C[NH+](C)CC(=O)Nc1c(C)cccc1C)[C@@H](C)CC. The molecular formula is C21H36N3O2+. The number of anilines is 1. The summed E-state index contributed by atoms with van der Waals surface area (Å²) in [6.45, 7) is 12.9. The van der Waals surface area contributed by atoms with Gasteiger partial charge in [-0.15, -0.1) is 0 Å². The lowest BCUT2D eigenvalue weighted by atomic mass is 10.1. The number of carbonyl (C=O) groups excluding carboxylic acids is 2. The second-order valence-corrected chi connectivity index (χ2v) is 7.44. The molecule has 1 rings (SSSR count). The molecule has 0 fully saturated rings. The number of nitrogens with zero attached hydrogens (tertiary/aromatic N) is 1. The third-order valence-electron chi connectivity index (χ3n) is 5.08. The predicted molar refractivity (Wildman–Crippen MR) is 108 cm³/mol. The van der Waals surface area contributed by atoms with Crippen molar-refractivity contribution < 1.29 is 14.5 Å². The van der Waals surface area contributed by atoms with Crippen molar-refractivity contribution in [3.63, 3.8) is 0 Å². The minimum absolute atomic E-state index is 0.0636. The zero-order valence-electron chi connectivity index (χ0n) is 17.5. The number of carbonyl (C=O) groups is 2. The Labute approximate surface area is 158 Å². The fourth-order valence-corrected chi connectivity index (χ4v) is 3.20. The van der Waals surface area contributed by atoms with E-state index in [9.17, 15) is 9.59 Å². The van der Waals surface area contributed by atoms with E-state index in [0.29, 0.717) is 6.54 Å². The van der Waals surface area contributed by atoms with E-state index in [2.05, 4.69) is 33.0 Å². The molecule has 0 aliphatic carbocycles. The van der Waals surface area contributed by atoms with Crippen LogP contribution in [0, 0.1) is 13.8 Å². The molecule has 1 aromatic carbocycles. The molecule has 2 N–H and O–H groups in total. The molecular weight excluding hydrogens is 326 g/mol. The van der Waals surface area contributed by atoms with Gasteiger partial charge in [-0.3, -0.25) is 9.59 Å². The highest BCUT2D eigenvalue weighted by Crippen LogP contribution is 2.18. The van der Waals surface area contributed by atoms with Crippen LogP contribution in [0.1, 0.15) is 51.7 Å². The van der Waals surface area contributed by atoms with Crippen molar-refractivity contribution >= 4 is 17.5 Å². The van der Waals surface area contributed by atoms with Gasteiger partial charge in [0.05, 0.1) is 7.05 Å². The van der Waals surface area contributed by atoms with E-state index in [4.69, 9.17) is 0 Å². The van der Waals surface area contributed by atoms with Gasteiger partial charge in [0.25, 0.3) is 11.8 Å². The highest BCUT2D eigenvalue weighted by molar-refractivity contribution is 5.93. The molecule has 0 saturated carbocycles. The number of likely N-dealkylation sites (N-methyl/N-ethyl adjacent to an activating group) is 1. The summed E-state index contributed by atoms with van der Waals surface area (Å²) in [7, 11) is 1.90. The number of para-hydroxylation sites is 1. The lowest BCUT2D eigenvalue weighted by Crippen LogP contribution is -3.11. The Morgan fingerprint density at radius 3 is 2.00 bits per heavy atom. The summed E-state index contributed by atoms with van der Waals surface area (Å²) in [6.07, 6.45) is 1.87. The van der Waals surface area contributed by atoms with Gasteiger partial charge in [-0.2, -0.15) is 0 Å². The van der Waals surface area contributed by atoms with Gasteiger partial charge in [-0.1, -0.05) is 32.0 Å². The first-order valence-corrected chi connectivity index (χ1v) is 9.69. The molecule has 3 atom stereocenters. The molecule has 5 heteroatoms. The second kappa shape index (κ2) is 10.3. The topological polar surface area (TPSA) is 53.9 Å². The van der Waals surface area contributed by atoms with Crippen LogP contribution in [0.15, 0.2) is 18.2 Å². The van der Waals surface area contributed by atoms with Crippen molar-refractivity contribution in [3.8, 4) is 0 Å². The van der Waals surface area contributed by atoms with Gasteiger partial charge in [0.1, 0.15) is 0 Å². The van der Waals surface area contributed by atoms with E-state index < -0.39 is 0 Å². The zero-order chi connectivity index (χ0) is 19.9. The molecule has 1 unspecified atom stereocenters. The molecule has 5 nitrogen and oxygen atoms in total. The molecule has 0 saturated heterocycles. The maximum Gasteiger partial charge on any atom is 0.279 e. The van der Waals surface area contributed by atoms with Crippen LogP contribution >= 0.6 is 0 Å². The quantitative estimate of drug-likeness (QED) is 0.707. The van der Waals surface area contributed by atoms with Gasteiger partial charge in [0.15, 0.2) is 13.1 Å². The standard InChI is InChI=1S/C21H35N3O2/c1-8-17(5)24(18(6)9-2)20(26)14-23(7)13-19(25)22-21-15(3)11-10-12-16(21)4/h10-12,17-18H,8-9,13-14H2,1-7H3,(H,22,25)/p+1/t17-,18-/m0/s1. The summed E-state index contributed by atoms with van der Waals surface area (Å²) < 4.78 is 0. The first kappa shape index (κ1) is 22.2. The Hall–Kier alpha value is -1.88. The van der Waals surface area contributed by atoms with Crippen LogP contribution in [-0.2, 0) is 9.59 Å². The van der Waals surface area contributed by atoms with Crippen molar-refractivity contribution in [2.45, 2.75) is 66.5 Å². The maximum absolute atomic E-state index is 12.8. The number of quaternary nitrogens is 1. The molecule has 0 aliphatic rings. The fraction of sp³-hybridized carbons (Fsp3) is 0.619. The van der Waals surface area contributed by atoms with E-state index in [0.717, 1.165) is 34.6 Å². The van der Waals surface area contributed by atoms with Crippen LogP contribution in [0.4, 0.5) is 5.69 Å². The van der Waals surface area contributed by atoms with Crippen LogP contribution < -0.4 is 10.2 Å². The van der Waals surface area contributed by atoms with E-state index >= 15 is 0 Å². The van der Waals surface area contributed by atoms with Crippen molar-refractivity contribution in [3.05, 3.63) is 29.3 Å². The lowest BCUT2D eigenvalue weighted by Gasteiger charge is -2.34. The summed E-state index contributed by atoms with van der Waals surface area (Å²) in [4.78, 5) is 28.1. The number of benzene rings is 1. The Morgan fingerprint density at radius 2 is 1.54 bits per heavy atom. The predicted octanol–water partition coefficient (Wildman–Crippen LogP) is 2.18. The Balaban J connectivity index is 2.68. The molecule has 2 amide bonds. The molecule has 26 heavy (non-hydrogen) atoms. The van der Waals surface area contributed by atoms with Crippen LogP contribution in [0.3, 0.4) is 0 Å². The number of hydrogen-bond donors (Lipinski definition) is 2. The third-order valence-corrected chi connectivity index (χ3v) is 5.08. The van der Waals surface area contributed by atoms with Crippen molar-refractivity contribution in [2.75, 3.05) is 25.5 Å². The monoisotopic (exact) mass is 362 g/mol. The molecule has 0 aromatic heterocycles. The molecule has 146 valence electrons. The van der Waals surface area contributed by atoms with Crippen molar-refractivity contribution in [1.82, 2.24) is 4.90 Å².